The van der Waals surface area contributed by atoms with Crippen molar-refractivity contribution in [2.24, 2.45) is 5.92 Å². The summed E-state index contributed by atoms with van der Waals surface area (Å²) in [5, 5.41) is 3.33. The summed E-state index contributed by atoms with van der Waals surface area (Å²) in [5.74, 6) is 0.547. The van der Waals surface area contributed by atoms with Crippen LogP contribution < -0.4 is 5.32 Å². The minimum absolute atomic E-state index is 0.209. The van der Waals surface area contributed by atoms with E-state index in [2.05, 4.69) is 17.1 Å². The number of carbonyl (C=O) groups excluding carboxylic acids is 1. The first kappa shape index (κ1) is 13.8. The van der Waals surface area contributed by atoms with Gasteiger partial charge in [-0.15, -0.1) is 0 Å². The molecule has 104 valence electrons. The summed E-state index contributed by atoms with van der Waals surface area (Å²) in [4.78, 5) is 16.8. The van der Waals surface area contributed by atoms with Gasteiger partial charge < -0.3 is 10.2 Å². The predicted molar refractivity (Wildman–Crippen MR) is 73.5 cm³/mol. The fourth-order valence-electron chi connectivity index (χ4n) is 3.30. The second kappa shape index (κ2) is 6.53. The number of piperidine rings is 1. The molecule has 1 N–H and O–H groups in total. The summed E-state index contributed by atoms with van der Waals surface area (Å²) >= 11 is 0. The van der Waals surface area contributed by atoms with Gasteiger partial charge in [-0.25, -0.2) is 0 Å². The SMILES string of the molecule is CCN1CCCC1CN(C)C(=O)C1CCCNC1. The van der Waals surface area contributed by atoms with Gasteiger partial charge >= 0.3 is 0 Å². The molecule has 2 rings (SSSR count). The first-order valence-corrected chi connectivity index (χ1v) is 7.42. The van der Waals surface area contributed by atoms with E-state index >= 15 is 0 Å². The number of likely N-dealkylation sites (N-methyl/N-ethyl adjacent to an activating group) is 2. The molecule has 0 aromatic rings. The lowest BCUT2D eigenvalue weighted by atomic mass is 9.98. The molecule has 2 aliphatic heterocycles. The van der Waals surface area contributed by atoms with E-state index in [4.69, 9.17) is 0 Å². The molecule has 2 heterocycles. The van der Waals surface area contributed by atoms with Gasteiger partial charge in [-0.05, 0) is 45.3 Å². The molecule has 2 saturated heterocycles. The molecule has 0 aromatic carbocycles. The molecule has 2 aliphatic rings. The van der Waals surface area contributed by atoms with Gasteiger partial charge in [-0.3, -0.25) is 9.69 Å². The first-order valence-electron chi connectivity index (χ1n) is 7.42. The average Bonchev–Trinajstić information content (AvgIpc) is 2.86. The Morgan fingerprint density at radius 1 is 1.39 bits per heavy atom. The Balaban J connectivity index is 1.82. The summed E-state index contributed by atoms with van der Waals surface area (Å²) in [5.41, 5.74) is 0. The predicted octanol–water partition coefficient (Wildman–Crippen LogP) is 0.929. The number of hydrogen-bond acceptors (Lipinski definition) is 3. The van der Waals surface area contributed by atoms with E-state index in [9.17, 15) is 4.79 Å². The van der Waals surface area contributed by atoms with Crippen LogP contribution in [0.3, 0.4) is 0 Å². The molecule has 0 aromatic heterocycles. The average molecular weight is 253 g/mol. The topological polar surface area (TPSA) is 35.6 Å². The molecule has 0 spiro atoms. The highest BCUT2D eigenvalue weighted by atomic mass is 16.2. The summed E-state index contributed by atoms with van der Waals surface area (Å²) < 4.78 is 0. The number of carbonyl (C=O) groups is 1. The van der Waals surface area contributed by atoms with Crippen molar-refractivity contribution in [1.29, 1.82) is 0 Å². The van der Waals surface area contributed by atoms with Crippen LogP contribution in [0.2, 0.25) is 0 Å². The molecule has 18 heavy (non-hydrogen) atoms. The van der Waals surface area contributed by atoms with Gasteiger partial charge in [0.25, 0.3) is 0 Å². The van der Waals surface area contributed by atoms with Gasteiger partial charge in [0.15, 0.2) is 0 Å². The number of likely N-dealkylation sites (tertiary alicyclic amines) is 1. The Morgan fingerprint density at radius 2 is 2.22 bits per heavy atom. The summed E-state index contributed by atoms with van der Waals surface area (Å²) in [6, 6.07) is 0.584. The smallest absolute Gasteiger partial charge is 0.226 e. The zero-order valence-corrected chi connectivity index (χ0v) is 11.8. The van der Waals surface area contributed by atoms with Crippen molar-refractivity contribution in [3.05, 3.63) is 0 Å². The highest BCUT2D eigenvalue weighted by molar-refractivity contribution is 5.79. The molecule has 0 saturated carbocycles. The highest BCUT2D eigenvalue weighted by Gasteiger charge is 2.28. The van der Waals surface area contributed by atoms with E-state index in [-0.39, 0.29) is 5.92 Å². The maximum absolute atomic E-state index is 12.3. The summed E-state index contributed by atoms with van der Waals surface area (Å²) in [6.45, 7) is 7.37. The van der Waals surface area contributed by atoms with Crippen molar-refractivity contribution in [1.82, 2.24) is 15.1 Å². The number of rotatable bonds is 4. The fourth-order valence-corrected chi connectivity index (χ4v) is 3.30. The Labute approximate surface area is 111 Å². The monoisotopic (exact) mass is 253 g/mol. The van der Waals surface area contributed by atoms with E-state index in [0.717, 1.165) is 39.0 Å². The standard InChI is InChI=1S/C14H27N3O/c1-3-17-9-5-7-13(17)11-16(2)14(18)12-6-4-8-15-10-12/h12-13,15H,3-11H2,1-2H3. The second-order valence-electron chi connectivity index (χ2n) is 5.69. The van der Waals surface area contributed by atoms with E-state index < -0.39 is 0 Å². The Hall–Kier alpha value is -0.610. The van der Waals surface area contributed by atoms with Gasteiger partial charge in [0.2, 0.25) is 5.91 Å². The maximum atomic E-state index is 12.3. The third-order valence-corrected chi connectivity index (χ3v) is 4.41. The van der Waals surface area contributed by atoms with Gasteiger partial charge in [-0.2, -0.15) is 0 Å². The molecule has 0 radical (unpaired) electrons. The third-order valence-electron chi connectivity index (χ3n) is 4.41. The largest absolute Gasteiger partial charge is 0.344 e. The van der Waals surface area contributed by atoms with Crippen molar-refractivity contribution in [3.63, 3.8) is 0 Å². The molecule has 4 nitrogen and oxygen atoms in total. The van der Waals surface area contributed by atoms with Crippen LogP contribution in [0.15, 0.2) is 0 Å². The van der Waals surface area contributed by atoms with Crippen molar-refractivity contribution in [3.8, 4) is 0 Å². The Morgan fingerprint density at radius 3 is 2.89 bits per heavy atom. The van der Waals surface area contributed by atoms with Crippen LogP contribution in [0, 0.1) is 5.92 Å². The zero-order chi connectivity index (χ0) is 13.0. The minimum atomic E-state index is 0.209. The maximum Gasteiger partial charge on any atom is 0.226 e. The van der Waals surface area contributed by atoms with Gasteiger partial charge in [0.05, 0.1) is 5.92 Å². The van der Waals surface area contributed by atoms with Crippen LogP contribution in [-0.2, 0) is 4.79 Å². The van der Waals surface area contributed by atoms with Crippen molar-refractivity contribution in [2.45, 2.75) is 38.6 Å². The minimum Gasteiger partial charge on any atom is -0.344 e. The zero-order valence-electron chi connectivity index (χ0n) is 11.8. The second-order valence-corrected chi connectivity index (χ2v) is 5.69. The van der Waals surface area contributed by atoms with E-state index in [1.165, 1.54) is 19.4 Å². The summed E-state index contributed by atoms with van der Waals surface area (Å²) in [6.07, 6.45) is 4.72. The molecule has 0 bridgehead atoms. The lowest BCUT2D eigenvalue weighted by Gasteiger charge is -2.31. The fraction of sp³-hybridized carbons (Fsp3) is 0.929. The van der Waals surface area contributed by atoms with Gasteiger partial charge in [0, 0.05) is 26.2 Å². The van der Waals surface area contributed by atoms with E-state index in [1.54, 1.807) is 0 Å². The van der Waals surface area contributed by atoms with Gasteiger partial charge in [-0.1, -0.05) is 6.92 Å². The van der Waals surface area contributed by atoms with Crippen molar-refractivity contribution in [2.75, 3.05) is 39.8 Å². The summed E-state index contributed by atoms with van der Waals surface area (Å²) in [7, 11) is 1.98. The lowest BCUT2D eigenvalue weighted by molar-refractivity contribution is -0.135. The molecule has 2 fully saturated rings. The Bertz CT molecular complexity index is 276. The van der Waals surface area contributed by atoms with Crippen LogP contribution in [0.25, 0.3) is 0 Å². The molecule has 2 atom stereocenters. The number of nitrogens with zero attached hydrogens (tertiary/aromatic N) is 2. The Kier molecular flexibility index (Phi) is 5.01. The molecule has 0 aliphatic carbocycles. The van der Waals surface area contributed by atoms with Crippen LogP contribution in [0.1, 0.15) is 32.6 Å². The normalized spacial score (nSPS) is 29.4. The number of hydrogen-bond donors (Lipinski definition) is 1. The molecule has 4 heteroatoms. The van der Waals surface area contributed by atoms with Crippen LogP contribution in [-0.4, -0.2) is 61.5 Å². The van der Waals surface area contributed by atoms with Crippen molar-refractivity contribution >= 4 is 5.91 Å². The van der Waals surface area contributed by atoms with Gasteiger partial charge in [0.1, 0.15) is 0 Å². The molecule has 2 unspecified atom stereocenters. The van der Waals surface area contributed by atoms with Crippen molar-refractivity contribution < 1.29 is 4.79 Å². The number of nitrogens with one attached hydrogen (secondary N) is 1. The van der Waals surface area contributed by atoms with E-state index in [1.807, 2.05) is 11.9 Å². The number of amides is 1. The molecule has 1 amide bonds. The first-order chi connectivity index (χ1) is 8.72. The quantitative estimate of drug-likeness (QED) is 0.809. The molecular weight excluding hydrogens is 226 g/mol. The third kappa shape index (κ3) is 3.23. The molecular formula is C14H27N3O. The van der Waals surface area contributed by atoms with Crippen LogP contribution in [0.5, 0.6) is 0 Å². The van der Waals surface area contributed by atoms with E-state index in [0.29, 0.717) is 11.9 Å². The highest BCUT2D eigenvalue weighted by Crippen LogP contribution is 2.19. The van der Waals surface area contributed by atoms with Crippen LogP contribution in [0.4, 0.5) is 0 Å². The lowest BCUT2D eigenvalue weighted by Crippen LogP contribution is -2.46. The van der Waals surface area contributed by atoms with Crippen LogP contribution >= 0.6 is 0 Å².